The predicted octanol–water partition coefficient (Wildman–Crippen LogP) is 3.00. The molecule has 3 heterocycles. The number of hydrogen-bond acceptors (Lipinski definition) is 5. The highest BCUT2D eigenvalue weighted by molar-refractivity contribution is 5.96. The number of carbonyl (C=O) groups is 1. The van der Waals surface area contributed by atoms with Crippen molar-refractivity contribution < 1.29 is 4.79 Å². The average molecular weight is 427 g/mol. The Labute approximate surface area is 182 Å². The first kappa shape index (κ1) is 19.6. The third-order valence-corrected chi connectivity index (χ3v) is 5.42. The van der Waals surface area contributed by atoms with Crippen molar-refractivity contribution in [3.63, 3.8) is 0 Å². The molecule has 1 amide bonds. The number of imidazole rings is 1. The second-order valence-corrected chi connectivity index (χ2v) is 7.60. The summed E-state index contributed by atoms with van der Waals surface area (Å²) in [5.74, 6) is 0.102. The molecule has 0 aliphatic heterocycles. The number of carbonyl (C=O) groups excluding carboxylic acids is 1. The lowest BCUT2D eigenvalue weighted by atomic mass is 10.1. The SMILES string of the molecule is Cn1ccnc1NC(=O)Cn1ccc2cccc(Nc3ccc4c(cnn4C)c3)c2c1=O. The number of fused-ring (bicyclic) bond motifs is 2. The number of anilines is 3. The van der Waals surface area contributed by atoms with E-state index in [1.165, 1.54) is 4.57 Å². The summed E-state index contributed by atoms with van der Waals surface area (Å²) in [5.41, 5.74) is 2.30. The second-order valence-electron chi connectivity index (χ2n) is 7.60. The first-order chi connectivity index (χ1) is 15.5. The van der Waals surface area contributed by atoms with Gasteiger partial charge in [-0.15, -0.1) is 0 Å². The molecule has 160 valence electrons. The topological polar surface area (TPSA) is 98.8 Å². The standard InChI is InChI=1S/C23H21N7O2/c1-28-11-9-24-23(28)27-20(31)14-30-10-8-15-4-3-5-18(21(15)22(30)32)26-17-6-7-19-16(12-17)13-25-29(19)2/h3-13,26H,14H2,1-2H3,(H,24,27,31). The van der Waals surface area contributed by atoms with Crippen molar-refractivity contribution in [2.24, 2.45) is 14.1 Å². The van der Waals surface area contributed by atoms with E-state index in [-0.39, 0.29) is 18.0 Å². The van der Waals surface area contributed by atoms with Crippen LogP contribution < -0.4 is 16.2 Å². The normalized spacial score (nSPS) is 11.2. The van der Waals surface area contributed by atoms with E-state index >= 15 is 0 Å². The quantitative estimate of drug-likeness (QED) is 0.449. The summed E-state index contributed by atoms with van der Waals surface area (Å²) in [6.45, 7) is -0.113. The molecule has 0 saturated heterocycles. The van der Waals surface area contributed by atoms with Crippen LogP contribution in [0.1, 0.15) is 0 Å². The first-order valence-electron chi connectivity index (χ1n) is 10.1. The highest BCUT2D eigenvalue weighted by Crippen LogP contribution is 2.26. The Bertz CT molecular complexity index is 1530. The molecule has 2 aromatic carbocycles. The van der Waals surface area contributed by atoms with Crippen LogP contribution >= 0.6 is 0 Å². The van der Waals surface area contributed by atoms with Crippen LogP contribution in [-0.2, 0) is 25.4 Å². The fourth-order valence-corrected chi connectivity index (χ4v) is 3.76. The zero-order valence-electron chi connectivity index (χ0n) is 17.6. The molecule has 32 heavy (non-hydrogen) atoms. The van der Waals surface area contributed by atoms with Gasteiger partial charge in [-0.1, -0.05) is 12.1 Å². The average Bonchev–Trinajstić information content (AvgIpc) is 3.35. The Hall–Kier alpha value is -4.40. The van der Waals surface area contributed by atoms with Gasteiger partial charge in [0.25, 0.3) is 5.56 Å². The molecule has 0 bridgehead atoms. The summed E-state index contributed by atoms with van der Waals surface area (Å²) in [6, 6.07) is 13.4. The molecule has 0 aliphatic rings. The van der Waals surface area contributed by atoms with E-state index in [0.717, 1.165) is 22.0 Å². The molecule has 0 fully saturated rings. The Balaban J connectivity index is 1.47. The molecule has 0 aliphatic carbocycles. The van der Waals surface area contributed by atoms with Gasteiger partial charge in [0.05, 0.1) is 22.8 Å². The van der Waals surface area contributed by atoms with Gasteiger partial charge in [-0.25, -0.2) is 4.98 Å². The molecule has 0 atom stereocenters. The molecule has 0 radical (unpaired) electrons. The maximum Gasteiger partial charge on any atom is 0.261 e. The number of nitrogens with one attached hydrogen (secondary N) is 2. The molecule has 9 nitrogen and oxygen atoms in total. The third kappa shape index (κ3) is 3.49. The summed E-state index contributed by atoms with van der Waals surface area (Å²) in [7, 11) is 3.68. The van der Waals surface area contributed by atoms with E-state index in [1.54, 1.807) is 36.4 Å². The summed E-state index contributed by atoms with van der Waals surface area (Å²) >= 11 is 0. The Morgan fingerprint density at radius 3 is 2.75 bits per heavy atom. The number of benzene rings is 2. The molecule has 0 unspecified atom stereocenters. The fourth-order valence-electron chi connectivity index (χ4n) is 3.76. The van der Waals surface area contributed by atoms with Gasteiger partial charge >= 0.3 is 0 Å². The zero-order valence-corrected chi connectivity index (χ0v) is 17.6. The highest BCUT2D eigenvalue weighted by atomic mass is 16.2. The molecular weight excluding hydrogens is 406 g/mol. The number of aryl methyl sites for hydroxylation is 2. The van der Waals surface area contributed by atoms with Crippen molar-refractivity contribution >= 4 is 44.9 Å². The zero-order chi connectivity index (χ0) is 22.2. The lowest BCUT2D eigenvalue weighted by Crippen LogP contribution is -2.28. The second kappa shape index (κ2) is 7.69. The van der Waals surface area contributed by atoms with E-state index < -0.39 is 0 Å². The molecule has 3 aromatic heterocycles. The van der Waals surface area contributed by atoms with Gasteiger partial charge in [0.2, 0.25) is 11.9 Å². The van der Waals surface area contributed by atoms with Crippen LogP contribution in [0.2, 0.25) is 0 Å². The van der Waals surface area contributed by atoms with Crippen LogP contribution in [0.15, 0.2) is 72.0 Å². The van der Waals surface area contributed by atoms with Crippen LogP contribution in [-0.4, -0.2) is 29.8 Å². The molecule has 5 rings (SSSR count). The van der Waals surface area contributed by atoms with E-state index in [1.807, 2.05) is 54.2 Å². The van der Waals surface area contributed by atoms with Crippen LogP contribution in [0.3, 0.4) is 0 Å². The van der Waals surface area contributed by atoms with Gasteiger partial charge in [0.15, 0.2) is 0 Å². The number of pyridine rings is 1. The van der Waals surface area contributed by atoms with Gasteiger partial charge in [-0.2, -0.15) is 5.10 Å². The summed E-state index contributed by atoms with van der Waals surface area (Å²) in [4.78, 5) is 29.8. The third-order valence-electron chi connectivity index (χ3n) is 5.42. The lowest BCUT2D eigenvalue weighted by Gasteiger charge is -2.12. The number of hydrogen-bond donors (Lipinski definition) is 2. The van der Waals surface area contributed by atoms with Crippen molar-refractivity contribution in [2.75, 3.05) is 10.6 Å². The molecule has 9 heteroatoms. The van der Waals surface area contributed by atoms with Gasteiger partial charge in [0.1, 0.15) is 6.54 Å². The van der Waals surface area contributed by atoms with E-state index in [9.17, 15) is 9.59 Å². The molecule has 0 spiro atoms. The van der Waals surface area contributed by atoms with E-state index in [4.69, 9.17) is 0 Å². The van der Waals surface area contributed by atoms with Crippen LogP contribution in [0.25, 0.3) is 21.7 Å². The van der Waals surface area contributed by atoms with Crippen molar-refractivity contribution in [1.29, 1.82) is 0 Å². The predicted molar refractivity (Wildman–Crippen MR) is 124 cm³/mol. The maximum absolute atomic E-state index is 13.3. The van der Waals surface area contributed by atoms with Crippen LogP contribution in [0.4, 0.5) is 17.3 Å². The molecule has 2 N–H and O–H groups in total. The number of amides is 1. The van der Waals surface area contributed by atoms with E-state index in [2.05, 4.69) is 20.7 Å². The van der Waals surface area contributed by atoms with Crippen molar-refractivity contribution in [3.8, 4) is 0 Å². The van der Waals surface area contributed by atoms with Gasteiger partial charge in [0, 0.05) is 43.8 Å². The van der Waals surface area contributed by atoms with E-state index in [0.29, 0.717) is 17.0 Å². The molecule has 5 aromatic rings. The van der Waals surface area contributed by atoms with Crippen molar-refractivity contribution in [3.05, 3.63) is 77.6 Å². The monoisotopic (exact) mass is 427 g/mol. The number of rotatable bonds is 5. The fraction of sp³-hybridized carbons (Fsp3) is 0.130. The first-order valence-corrected chi connectivity index (χ1v) is 10.1. The number of nitrogens with zero attached hydrogens (tertiary/aromatic N) is 5. The Morgan fingerprint density at radius 2 is 1.94 bits per heavy atom. The molecule has 0 saturated carbocycles. The van der Waals surface area contributed by atoms with Crippen LogP contribution in [0, 0.1) is 0 Å². The summed E-state index contributed by atoms with van der Waals surface area (Å²) in [6.07, 6.45) is 6.77. The minimum atomic E-state index is -0.326. The summed E-state index contributed by atoms with van der Waals surface area (Å²) < 4.78 is 4.91. The van der Waals surface area contributed by atoms with Crippen molar-refractivity contribution in [2.45, 2.75) is 6.54 Å². The Morgan fingerprint density at radius 1 is 1.06 bits per heavy atom. The number of aromatic nitrogens is 5. The minimum absolute atomic E-state index is 0.113. The maximum atomic E-state index is 13.3. The van der Waals surface area contributed by atoms with Crippen molar-refractivity contribution in [1.82, 2.24) is 23.9 Å². The smallest absolute Gasteiger partial charge is 0.261 e. The van der Waals surface area contributed by atoms with Crippen LogP contribution in [0.5, 0.6) is 0 Å². The van der Waals surface area contributed by atoms with Gasteiger partial charge < -0.3 is 14.5 Å². The largest absolute Gasteiger partial charge is 0.355 e. The minimum Gasteiger partial charge on any atom is -0.355 e. The van der Waals surface area contributed by atoms with Gasteiger partial charge in [-0.05, 0) is 35.7 Å². The van der Waals surface area contributed by atoms with Gasteiger partial charge in [-0.3, -0.25) is 19.6 Å². The Kier molecular flexibility index (Phi) is 4.70. The lowest BCUT2D eigenvalue weighted by molar-refractivity contribution is -0.116. The summed E-state index contributed by atoms with van der Waals surface area (Å²) in [5, 5.41) is 12.7. The molecular formula is C23H21N7O2. The highest BCUT2D eigenvalue weighted by Gasteiger charge is 2.12.